The Morgan fingerprint density at radius 3 is 2.79 bits per heavy atom. The number of rotatable bonds is 0. The van der Waals surface area contributed by atoms with E-state index in [0.29, 0.717) is 5.69 Å². The van der Waals surface area contributed by atoms with Crippen molar-refractivity contribution in [3.63, 3.8) is 0 Å². The van der Waals surface area contributed by atoms with E-state index in [0.717, 1.165) is 0 Å². The van der Waals surface area contributed by atoms with Gasteiger partial charge in [0.15, 0.2) is 9.84 Å². The van der Waals surface area contributed by atoms with Gasteiger partial charge in [0.25, 0.3) is 0 Å². The highest BCUT2D eigenvalue weighted by molar-refractivity contribution is 7.92. The summed E-state index contributed by atoms with van der Waals surface area (Å²) >= 11 is 0. The molecule has 74 valence electrons. The molecule has 2 rings (SSSR count). The Morgan fingerprint density at radius 1 is 1.36 bits per heavy atom. The number of nitrogens with two attached hydrogens (primary N) is 1. The second-order valence-corrected chi connectivity index (χ2v) is 5.02. The van der Waals surface area contributed by atoms with E-state index in [1.54, 1.807) is 0 Å². The molecule has 3 N–H and O–H groups in total. The number of hydrogen-bond acceptors (Lipinski definition) is 4. The van der Waals surface area contributed by atoms with Gasteiger partial charge in [-0.25, -0.2) is 8.42 Å². The summed E-state index contributed by atoms with van der Waals surface area (Å²) in [5.41, 5.74) is 6.15. The summed E-state index contributed by atoms with van der Waals surface area (Å²) in [6, 6.07) is 4.33. The van der Waals surface area contributed by atoms with Gasteiger partial charge in [-0.2, -0.15) is 0 Å². The van der Waals surface area contributed by atoms with E-state index in [2.05, 4.69) is 5.32 Å². The molecule has 0 saturated heterocycles. The maximum atomic E-state index is 11.5. The highest BCUT2D eigenvalue weighted by Crippen LogP contribution is 2.28. The Kier molecular flexibility index (Phi) is 1.75. The zero-order valence-electron chi connectivity index (χ0n) is 7.15. The number of nitrogen functional groups attached to an aromatic ring is 1. The van der Waals surface area contributed by atoms with Gasteiger partial charge >= 0.3 is 0 Å². The molecule has 1 amide bonds. The van der Waals surface area contributed by atoms with Crippen LogP contribution in [-0.4, -0.2) is 20.1 Å². The fraction of sp³-hybridized carbons (Fsp3) is 0.125. The fourth-order valence-corrected chi connectivity index (χ4v) is 2.65. The first-order valence-corrected chi connectivity index (χ1v) is 5.56. The lowest BCUT2D eigenvalue weighted by atomic mass is 10.3. The predicted octanol–water partition coefficient (Wildman–Crippen LogP) is -0.00540. The Bertz CT molecular complexity index is 507. The molecular weight excluding hydrogens is 204 g/mol. The fourth-order valence-electron chi connectivity index (χ4n) is 1.35. The predicted molar refractivity (Wildman–Crippen MR) is 51.5 cm³/mol. The summed E-state index contributed by atoms with van der Waals surface area (Å²) < 4.78 is 23.0. The first-order valence-electron chi connectivity index (χ1n) is 3.91. The molecule has 6 heteroatoms. The molecule has 0 atom stereocenters. The largest absolute Gasteiger partial charge is 0.399 e. The molecular formula is C8H8N2O3S. The standard InChI is InChI=1S/C8H8N2O3S/c9-5-1-2-7-6(3-5)10-8(11)4-14(7,12)13/h1-3H,4,9H2,(H,10,11). The minimum absolute atomic E-state index is 0.131. The van der Waals surface area contributed by atoms with Gasteiger partial charge in [0.05, 0.1) is 10.6 Å². The minimum atomic E-state index is -3.48. The highest BCUT2D eigenvalue weighted by atomic mass is 32.2. The summed E-state index contributed by atoms with van der Waals surface area (Å²) in [5, 5.41) is 2.46. The van der Waals surface area contributed by atoms with Crippen molar-refractivity contribution in [3.05, 3.63) is 18.2 Å². The van der Waals surface area contributed by atoms with Crippen molar-refractivity contribution < 1.29 is 13.2 Å². The maximum absolute atomic E-state index is 11.5. The number of benzene rings is 1. The number of anilines is 2. The number of hydrogen-bond donors (Lipinski definition) is 2. The molecule has 0 radical (unpaired) electrons. The van der Waals surface area contributed by atoms with Gasteiger partial charge in [-0.1, -0.05) is 0 Å². The van der Waals surface area contributed by atoms with Crippen LogP contribution >= 0.6 is 0 Å². The molecule has 0 unspecified atom stereocenters. The summed E-state index contributed by atoms with van der Waals surface area (Å²) in [4.78, 5) is 11.2. The normalized spacial score (nSPS) is 18.4. The monoisotopic (exact) mass is 212 g/mol. The number of sulfone groups is 1. The van der Waals surface area contributed by atoms with Gasteiger partial charge < -0.3 is 11.1 Å². The van der Waals surface area contributed by atoms with Crippen LogP contribution in [0.15, 0.2) is 23.1 Å². The van der Waals surface area contributed by atoms with Crippen molar-refractivity contribution in [2.75, 3.05) is 16.8 Å². The minimum Gasteiger partial charge on any atom is -0.399 e. The van der Waals surface area contributed by atoms with Crippen LogP contribution in [-0.2, 0) is 14.6 Å². The van der Waals surface area contributed by atoms with Crippen LogP contribution in [0.3, 0.4) is 0 Å². The zero-order chi connectivity index (χ0) is 10.3. The van der Waals surface area contributed by atoms with Crippen LogP contribution in [0.2, 0.25) is 0 Å². The average molecular weight is 212 g/mol. The van der Waals surface area contributed by atoms with E-state index in [1.165, 1.54) is 18.2 Å². The molecule has 0 aromatic heterocycles. The number of fused-ring (bicyclic) bond motifs is 1. The summed E-state index contributed by atoms with van der Waals surface area (Å²) in [5.74, 6) is -1.02. The second kappa shape index (κ2) is 2.71. The van der Waals surface area contributed by atoms with Gasteiger partial charge in [0.1, 0.15) is 5.75 Å². The first kappa shape index (κ1) is 9.01. The lowest BCUT2D eigenvalue weighted by Gasteiger charge is -2.16. The molecule has 0 saturated carbocycles. The summed E-state index contributed by atoms with van der Waals surface area (Å²) in [6.45, 7) is 0. The molecule has 1 aromatic rings. The number of nitrogens with one attached hydrogen (secondary N) is 1. The van der Waals surface area contributed by atoms with E-state index in [4.69, 9.17) is 5.73 Å². The lowest BCUT2D eigenvalue weighted by Crippen LogP contribution is -2.29. The second-order valence-electron chi connectivity index (χ2n) is 3.06. The SMILES string of the molecule is Nc1ccc2c(c1)NC(=O)CS2(=O)=O. The molecule has 0 spiro atoms. The molecule has 1 aromatic carbocycles. The van der Waals surface area contributed by atoms with Gasteiger partial charge in [0.2, 0.25) is 5.91 Å². The van der Waals surface area contributed by atoms with E-state index in [9.17, 15) is 13.2 Å². The van der Waals surface area contributed by atoms with Gasteiger partial charge in [-0.15, -0.1) is 0 Å². The van der Waals surface area contributed by atoms with Crippen LogP contribution in [0.4, 0.5) is 11.4 Å². The van der Waals surface area contributed by atoms with Crippen molar-refractivity contribution in [1.82, 2.24) is 0 Å². The Labute approximate surface area is 80.8 Å². The van der Waals surface area contributed by atoms with Crippen LogP contribution < -0.4 is 11.1 Å². The third kappa shape index (κ3) is 1.33. The zero-order valence-corrected chi connectivity index (χ0v) is 7.97. The van der Waals surface area contributed by atoms with Gasteiger partial charge in [0, 0.05) is 5.69 Å². The molecule has 1 aliphatic heterocycles. The van der Waals surface area contributed by atoms with Crippen molar-refractivity contribution in [3.8, 4) is 0 Å². The van der Waals surface area contributed by atoms with E-state index in [1.807, 2.05) is 0 Å². The smallest absolute Gasteiger partial charge is 0.239 e. The molecule has 14 heavy (non-hydrogen) atoms. The van der Waals surface area contributed by atoms with E-state index in [-0.39, 0.29) is 10.6 Å². The Morgan fingerprint density at radius 2 is 2.07 bits per heavy atom. The first-order chi connectivity index (χ1) is 6.49. The van der Waals surface area contributed by atoms with Crippen molar-refractivity contribution in [2.24, 2.45) is 0 Å². The topological polar surface area (TPSA) is 89.3 Å². The third-order valence-corrected chi connectivity index (χ3v) is 3.60. The molecule has 1 aliphatic rings. The Balaban J connectivity index is 2.69. The van der Waals surface area contributed by atoms with Crippen molar-refractivity contribution in [1.29, 1.82) is 0 Å². The van der Waals surface area contributed by atoms with E-state index < -0.39 is 21.5 Å². The summed E-state index contributed by atoms with van der Waals surface area (Å²) in [6.07, 6.45) is 0. The molecule has 0 aliphatic carbocycles. The molecule has 1 heterocycles. The van der Waals surface area contributed by atoms with Crippen LogP contribution in [0.1, 0.15) is 0 Å². The highest BCUT2D eigenvalue weighted by Gasteiger charge is 2.28. The van der Waals surface area contributed by atoms with Gasteiger partial charge in [-0.05, 0) is 18.2 Å². The molecule has 5 nitrogen and oxygen atoms in total. The number of carbonyl (C=O) groups is 1. The van der Waals surface area contributed by atoms with Crippen LogP contribution in [0.25, 0.3) is 0 Å². The van der Waals surface area contributed by atoms with E-state index >= 15 is 0 Å². The number of amides is 1. The van der Waals surface area contributed by atoms with Crippen molar-refractivity contribution in [2.45, 2.75) is 4.90 Å². The maximum Gasteiger partial charge on any atom is 0.239 e. The molecule has 0 fully saturated rings. The molecule has 0 bridgehead atoms. The Hall–Kier alpha value is -1.56. The lowest BCUT2D eigenvalue weighted by molar-refractivity contribution is -0.114. The average Bonchev–Trinajstić information content (AvgIpc) is 2.00. The van der Waals surface area contributed by atoms with Gasteiger partial charge in [-0.3, -0.25) is 4.79 Å². The van der Waals surface area contributed by atoms with Crippen molar-refractivity contribution >= 4 is 27.1 Å². The summed E-state index contributed by atoms with van der Waals surface area (Å²) in [7, 11) is -3.48. The number of carbonyl (C=O) groups excluding carboxylic acids is 1. The van der Waals surface area contributed by atoms with Crippen LogP contribution in [0.5, 0.6) is 0 Å². The quantitative estimate of drug-likeness (QED) is 0.592. The van der Waals surface area contributed by atoms with Crippen LogP contribution in [0, 0.1) is 0 Å². The third-order valence-electron chi connectivity index (χ3n) is 1.93.